The molecule has 2 fully saturated rings. The van der Waals surface area contributed by atoms with E-state index in [9.17, 15) is 4.79 Å². The number of amides is 1. The molecule has 1 heterocycles. The second-order valence-electron chi connectivity index (χ2n) is 5.02. The summed E-state index contributed by atoms with van der Waals surface area (Å²) in [4.78, 5) is 14.0. The van der Waals surface area contributed by atoms with Gasteiger partial charge in [-0.25, -0.2) is 0 Å². The Kier molecular flexibility index (Phi) is 4.14. The number of likely N-dealkylation sites (tertiary alicyclic amines) is 1. The van der Waals surface area contributed by atoms with E-state index >= 15 is 0 Å². The predicted molar refractivity (Wildman–Crippen MR) is 68.4 cm³/mol. The summed E-state index contributed by atoms with van der Waals surface area (Å²) in [5.74, 6) is 3.34. The van der Waals surface area contributed by atoms with E-state index in [1.807, 2.05) is 4.90 Å². The summed E-state index contributed by atoms with van der Waals surface area (Å²) in [7, 11) is 0. The van der Waals surface area contributed by atoms with E-state index in [0.29, 0.717) is 29.5 Å². The number of carbonyl (C=O) groups is 1. The Morgan fingerprint density at radius 3 is 2.94 bits per heavy atom. The van der Waals surface area contributed by atoms with Crippen molar-refractivity contribution in [2.75, 3.05) is 24.6 Å². The fraction of sp³-hybridized carbons (Fsp3) is 0.917. The number of carbonyl (C=O) groups excluding carboxylic acids is 1. The van der Waals surface area contributed by atoms with Gasteiger partial charge in [-0.15, -0.1) is 0 Å². The summed E-state index contributed by atoms with van der Waals surface area (Å²) in [6, 6.07) is 0.339. The van der Waals surface area contributed by atoms with Crippen LogP contribution in [0, 0.1) is 11.8 Å². The number of fused-ring (bicyclic) bond motifs is 1. The van der Waals surface area contributed by atoms with Crippen molar-refractivity contribution in [3.05, 3.63) is 0 Å². The van der Waals surface area contributed by atoms with Gasteiger partial charge >= 0.3 is 0 Å². The maximum atomic E-state index is 11.9. The predicted octanol–water partition coefficient (Wildman–Crippen LogP) is 1.33. The number of hydrogen-bond acceptors (Lipinski definition) is 3. The average molecular weight is 242 g/mol. The van der Waals surface area contributed by atoms with Crippen LogP contribution < -0.4 is 5.73 Å². The molecule has 16 heavy (non-hydrogen) atoms. The molecule has 0 aromatic rings. The lowest BCUT2D eigenvalue weighted by molar-refractivity contribution is -0.127. The van der Waals surface area contributed by atoms with Crippen molar-refractivity contribution < 1.29 is 4.79 Å². The summed E-state index contributed by atoms with van der Waals surface area (Å²) >= 11 is 1.75. The van der Waals surface area contributed by atoms with E-state index in [2.05, 4.69) is 6.92 Å². The summed E-state index contributed by atoms with van der Waals surface area (Å²) in [6.07, 6.45) is 3.52. The smallest absolute Gasteiger partial charge is 0.232 e. The molecular formula is C12H22N2OS. The normalized spacial score (nSPS) is 33.1. The van der Waals surface area contributed by atoms with E-state index in [1.54, 1.807) is 11.8 Å². The zero-order valence-electron chi connectivity index (χ0n) is 10.0. The van der Waals surface area contributed by atoms with Crippen LogP contribution in [0.2, 0.25) is 0 Å². The van der Waals surface area contributed by atoms with Gasteiger partial charge in [0.05, 0.1) is 5.75 Å². The molecule has 1 aliphatic carbocycles. The van der Waals surface area contributed by atoms with Gasteiger partial charge in [0.2, 0.25) is 5.91 Å². The third-order valence-corrected chi connectivity index (χ3v) is 4.99. The molecule has 0 aromatic carbocycles. The second kappa shape index (κ2) is 5.41. The van der Waals surface area contributed by atoms with Crippen molar-refractivity contribution in [3.8, 4) is 0 Å². The molecule has 2 rings (SSSR count). The first-order chi connectivity index (χ1) is 7.72. The third-order valence-electron chi connectivity index (χ3n) is 3.84. The molecule has 2 aliphatic rings. The average Bonchev–Trinajstić information content (AvgIpc) is 2.82. The Hall–Kier alpha value is -0.220. The quantitative estimate of drug-likeness (QED) is 0.756. The topological polar surface area (TPSA) is 46.3 Å². The highest BCUT2D eigenvalue weighted by atomic mass is 32.2. The van der Waals surface area contributed by atoms with E-state index in [4.69, 9.17) is 5.73 Å². The van der Waals surface area contributed by atoms with Gasteiger partial charge in [-0.1, -0.05) is 6.92 Å². The lowest BCUT2D eigenvalue weighted by atomic mass is 9.98. The summed E-state index contributed by atoms with van der Waals surface area (Å²) < 4.78 is 0. The summed E-state index contributed by atoms with van der Waals surface area (Å²) in [6.45, 7) is 4.03. The van der Waals surface area contributed by atoms with E-state index < -0.39 is 0 Å². The van der Waals surface area contributed by atoms with Gasteiger partial charge in [0.1, 0.15) is 0 Å². The van der Waals surface area contributed by atoms with Crippen LogP contribution in [0.1, 0.15) is 26.2 Å². The van der Waals surface area contributed by atoms with Gasteiger partial charge in [0.25, 0.3) is 0 Å². The molecular weight excluding hydrogens is 220 g/mol. The Bertz CT molecular complexity index is 259. The molecule has 0 aromatic heterocycles. The number of nitrogens with two attached hydrogens (primary N) is 1. The summed E-state index contributed by atoms with van der Waals surface area (Å²) in [5, 5.41) is 0. The first-order valence-electron chi connectivity index (χ1n) is 6.33. The van der Waals surface area contributed by atoms with Gasteiger partial charge in [-0.3, -0.25) is 4.79 Å². The highest BCUT2D eigenvalue weighted by Crippen LogP contribution is 2.37. The molecule has 1 saturated heterocycles. The molecule has 2 N–H and O–H groups in total. The van der Waals surface area contributed by atoms with Crippen LogP contribution in [0.4, 0.5) is 0 Å². The van der Waals surface area contributed by atoms with Crippen molar-refractivity contribution in [2.45, 2.75) is 32.2 Å². The van der Waals surface area contributed by atoms with E-state index in [-0.39, 0.29) is 0 Å². The van der Waals surface area contributed by atoms with Crippen molar-refractivity contribution in [2.24, 2.45) is 17.6 Å². The lowest BCUT2D eigenvalue weighted by Crippen LogP contribution is -2.34. The number of hydrogen-bond donors (Lipinski definition) is 1. The molecule has 1 amide bonds. The van der Waals surface area contributed by atoms with Crippen molar-refractivity contribution in [1.29, 1.82) is 0 Å². The molecule has 0 spiro atoms. The van der Waals surface area contributed by atoms with E-state index in [0.717, 1.165) is 31.7 Å². The maximum absolute atomic E-state index is 11.9. The minimum Gasteiger partial charge on any atom is -0.341 e. The van der Waals surface area contributed by atoms with Crippen LogP contribution in [-0.4, -0.2) is 41.4 Å². The van der Waals surface area contributed by atoms with Gasteiger partial charge in [-0.2, -0.15) is 11.8 Å². The molecule has 4 heteroatoms. The molecule has 1 saturated carbocycles. The Labute approximate surface area is 102 Å². The monoisotopic (exact) mass is 242 g/mol. The minimum atomic E-state index is 0.319. The summed E-state index contributed by atoms with van der Waals surface area (Å²) in [5.41, 5.74) is 6.06. The highest BCUT2D eigenvalue weighted by Gasteiger charge is 2.42. The van der Waals surface area contributed by atoms with Crippen molar-refractivity contribution >= 4 is 17.7 Å². The fourth-order valence-electron chi connectivity index (χ4n) is 2.91. The van der Waals surface area contributed by atoms with Crippen LogP contribution in [0.25, 0.3) is 0 Å². The minimum absolute atomic E-state index is 0.319. The van der Waals surface area contributed by atoms with Crippen LogP contribution in [0.3, 0.4) is 0 Å². The standard InChI is InChI=1S/C12H22N2OS/c1-2-5-16-8-12(15)14-6-9-3-4-11(13)10(9)7-14/h9-11H,2-8,13H2,1H3. The molecule has 3 atom stereocenters. The van der Waals surface area contributed by atoms with Gasteiger partial charge in [-0.05, 0) is 36.9 Å². The number of nitrogens with zero attached hydrogens (tertiary/aromatic N) is 1. The molecule has 3 unspecified atom stereocenters. The molecule has 0 bridgehead atoms. The largest absolute Gasteiger partial charge is 0.341 e. The molecule has 92 valence electrons. The SMILES string of the molecule is CCCSCC(=O)N1CC2CCC(N)C2C1. The number of rotatable bonds is 4. The van der Waals surface area contributed by atoms with Crippen molar-refractivity contribution in [3.63, 3.8) is 0 Å². The molecule has 3 nitrogen and oxygen atoms in total. The van der Waals surface area contributed by atoms with Crippen LogP contribution in [-0.2, 0) is 4.79 Å². The van der Waals surface area contributed by atoms with Gasteiger partial charge < -0.3 is 10.6 Å². The fourth-order valence-corrected chi connectivity index (χ4v) is 3.70. The second-order valence-corrected chi connectivity index (χ2v) is 6.12. The van der Waals surface area contributed by atoms with Crippen LogP contribution >= 0.6 is 11.8 Å². The Morgan fingerprint density at radius 1 is 1.44 bits per heavy atom. The van der Waals surface area contributed by atoms with Gasteiger partial charge in [0.15, 0.2) is 0 Å². The van der Waals surface area contributed by atoms with Gasteiger partial charge in [0, 0.05) is 19.1 Å². The van der Waals surface area contributed by atoms with Crippen molar-refractivity contribution in [1.82, 2.24) is 4.90 Å². The molecule has 1 aliphatic heterocycles. The first kappa shape index (κ1) is 12.2. The molecule has 0 radical (unpaired) electrons. The zero-order valence-corrected chi connectivity index (χ0v) is 10.8. The Morgan fingerprint density at radius 2 is 2.25 bits per heavy atom. The van der Waals surface area contributed by atoms with Crippen LogP contribution in [0.15, 0.2) is 0 Å². The highest BCUT2D eigenvalue weighted by molar-refractivity contribution is 7.99. The van der Waals surface area contributed by atoms with E-state index in [1.165, 1.54) is 6.42 Å². The lowest BCUT2D eigenvalue weighted by Gasteiger charge is -2.18. The maximum Gasteiger partial charge on any atom is 0.232 e. The first-order valence-corrected chi connectivity index (χ1v) is 7.49. The van der Waals surface area contributed by atoms with Crippen LogP contribution in [0.5, 0.6) is 0 Å². The third kappa shape index (κ3) is 2.54. The zero-order chi connectivity index (χ0) is 11.5. The Balaban J connectivity index is 1.78. The number of thioether (sulfide) groups is 1.